The molecule has 0 unspecified atom stereocenters. The molecule has 0 saturated carbocycles. The molecule has 2 aromatic carbocycles. The first kappa shape index (κ1) is 26.3. The second-order valence-corrected chi connectivity index (χ2v) is 8.93. The van der Waals surface area contributed by atoms with Crippen molar-refractivity contribution in [2.45, 2.75) is 26.8 Å². The van der Waals surface area contributed by atoms with E-state index in [-0.39, 0.29) is 18.3 Å². The number of anilines is 1. The number of carbonyl (C=O) groups excluding carboxylic acids is 1. The summed E-state index contributed by atoms with van der Waals surface area (Å²) in [5.74, 6) is 1.12. The van der Waals surface area contributed by atoms with Crippen LogP contribution in [0.4, 0.5) is 5.13 Å². The van der Waals surface area contributed by atoms with Gasteiger partial charge in [-0.2, -0.15) is 0 Å². The summed E-state index contributed by atoms with van der Waals surface area (Å²) in [5.41, 5.74) is 3.63. The lowest BCUT2D eigenvalue weighted by molar-refractivity contribution is 0.0985. The molecular formula is C25H29ClN4O4S. The molecule has 10 heteroatoms. The topological polar surface area (TPSA) is 78.7 Å². The van der Waals surface area contributed by atoms with Crippen LogP contribution in [0.3, 0.4) is 0 Å². The molecule has 0 N–H and O–H groups in total. The van der Waals surface area contributed by atoms with Crippen molar-refractivity contribution in [1.29, 1.82) is 0 Å². The van der Waals surface area contributed by atoms with Crippen LogP contribution in [-0.4, -0.2) is 48.3 Å². The van der Waals surface area contributed by atoms with Crippen LogP contribution in [0.15, 0.2) is 43.0 Å². The summed E-state index contributed by atoms with van der Waals surface area (Å²) < 4.78 is 19.4. The predicted molar refractivity (Wildman–Crippen MR) is 141 cm³/mol. The van der Waals surface area contributed by atoms with E-state index in [1.54, 1.807) is 29.6 Å². The number of carbonyl (C=O) groups is 1. The van der Waals surface area contributed by atoms with Crippen LogP contribution in [0.5, 0.6) is 17.2 Å². The zero-order valence-electron chi connectivity index (χ0n) is 20.4. The van der Waals surface area contributed by atoms with Gasteiger partial charge in [-0.3, -0.25) is 9.69 Å². The summed E-state index contributed by atoms with van der Waals surface area (Å²) in [4.78, 5) is 24.5. The van der Waals surface area contributed by atoms with Gasteiger partial charge in [-0.05, 0) is 49.6 Å². The Bertz CT molecular complexity index is 1280. The van der Waals surface area contributed by atoms with E-state index in [1.807, 2.05) is 10.8 Å². The Kier molecular flexibility index (Phi) is 8.58. The largest absolute Gasteiger partial charge is 0.493 e. The number of fused-ring (bicyclic) bond motifs is 1. The molecule has 0 fully saturated rings. The van der Waals surface area contributed by atoms with Crippen LogP contribution in [-0.2, 0) is 6.54 Å². The smallest absolute Gasteiger partial charge is 0.260 e. The van der Waals surface area contributed by atoms with Crippen molar-refractivity contribution in [2.75, 3.05) is 32.8 Å². The molecule has 0 aliphatic heterocycles. The lowest BCUT2D eigenvalue weighted by Gasteiger charge is -2.21. The third-order valence-corrected chi connectivity index (χ3v) is 6.78. The molecule has 0 aliphatic rings. The number of amides is 1. The maximum atomic E-state index is 13.8. The minimum absolute atomic E-state index is 0. The van der Waals surface area contributed by atoms with Gasteiger partial charge in [0.05, 0.1) is 37.9 Å². The van der Waals surface area contributed by atoms with Gasteiger partial charge in [0.15, 0.2) is 16.6 Å². The molecule has 0 saturated heterocycles. The Morgan fingerprint density at radius 2 is 1.77 bits per heavy atom. The molecule has 2 heterocycles. The average molecular weight is 517 g/mol. The summed E-state index contributed by atoms with van der Waals surface area (Å²) in [6, 6.07) is 7.54. The standard InChI is InChI=1S/C25H28N4O4S.ClH/c1-16-11-17(2)23-19(12-16)27-25(34-23)29(9-6-8-28-10-7-26-15-28)24(30)18-13-20(31-3)22(33-5)21(14-18)32-4;/h7,10-15H,6,8-9H2,1-5H3;1H. The van der Waals surface area contributed by atoms with Gasteiger partial charge in [-0.15, -0.1) is 12.4 Å². The fourth-order valence-electron chi connectivity index (χ4n) is 3.96. The number of aromatic nitrogens is 3. The van der Waals surface area contributed by atoms with Gasteiger partial charge >= 0.3 is 0 Å². The van der Waals surface area contributed by atoms with E-state index < -0.39 is 0 Å². The highest BCUT2D eigenvalue weighted by Crippen LogP contribution is 2.39. The average Bonchev–Trinajstić information content (AvgIpc) is 3.50. The van der Waals surface area contributed by atoms with Crippen LogP contribution in [0, 0.1) is 13.8 Å². The molecule has 0 radical (unpaired) electrons. The number of halogens is 1. The lowest BCUT2D eigenvalue weighted by Crippen LogP contribution is -2.32. The summed E-state index contributed by atoms with van der Waals surface area (Å²) in [6.07, 6.45) is 6.17. The molecule has 1 amide bonds. The number of aryl methyl sites for hydroxylation is 3. The van der Waals surface area contributed by atoms with Crippen LogP contribution in [0.1, 0.15) is 27.9 Å². The molecule has 0 aliphatic carbocycles. The zero-order valence-corrected chi connectivity index (χ0v) is 22.0. The van der Waals surface area contributed by atoms with Crippen LogP contribution < -0.4 is 19.1 Å². The van der Waals surface area contributed by atoms with E-state index in [2.05, 4.69) is 31.0 Å². The first-order valence-corrected chi connectivity index (χ1v) is 11.7. The highest BCUT2D eigenvalue weighted by molar-refractivity contribution is 7.22. The molecule has 0 spiro atoms. The van der Waals surface area contributed by atoms with E-state index in [0.29, 0.717) is 34.5 Å². The Labute approximate surface area is 214 Å². The number of rotatable bonds is 9. The maximum Gasteiger partial charge on any atom is 0.260 e. The molecule has 0 bridgehead atoms. The first-order chi connectivity index (χ1) is 16.4. The first-order valence-electron chi connectivity index (χ1n) is 10.9. The molecule has 8 nitrogen and oxygen atoms in total. The van der Waals surface area contributed by atoms with Crippen LogP contribution >= 0.6 is 23.7 Å². The Morgan fingerprint density at radius 1 is 1.06 bits per heavy atom. The van der Waals surface area contributed by atoms with E-state index in [1.165, 1.54) is 32.7 Å². The van der Waals surface area contributed by atoms with Gasteiger partial charge in [0.25, 0.3) is 5.91 Å². The molecule has 2 aromatic heterocycles. The molecule has 0 atom stereocenters. The van der Waals surface area contributed by atoms with Crippen molar-refractivity contribution in [2.24, 2.45) is 0 Å². The second kappa shape index (κ2) is 11.4. The minimum atomic E-state index is -0.182. The summed E-state index contributed by atoms with van der Waals surface area (Å²) >= 11 is 1.53. The minimum Gasteiger partial charge on any atom is -0.493 e. The number of nitrogens with zero attached hydrogens (tertiary/aromatic N) is 4. The maximum absolute atomic E-state index is 13.8. The van der Waals surface area contributed by atoms with Crippen molar-refractivity contribution >= 4 is 45.0 Å². The highest BCUT2D eigenvalue weighted by atomic mass is 35.5. The zero-order chi connectivity index (χ0) is 24.2. The fourth-order valence-corrected chi connectivity index (χ4v) is 5.00. The monoisotopic (exact) mass is 516 g/mol. The number of hydrogen-bond acceptors (Lipinski definition) is 7. The number of methoxy groups -OCH3 is 3. The highest BCUT2D eigenvalue weighted by Gasteiger charge is 2.25. The van der Waals surface area contributed by atoms with Gasteiger partial charge in [0.2, 0.25) is 5.75 Å². The van der Waals surface area contributed by atoms with E-state index in [0.717, 1.165) is 34.3 Å². The summed E-state index contributed by atoms with van der Waals surface area (Å²) in [5, 5.41) is 0.660. The van der Waals surface area contributed by atoms with Gasteiger partial charge < -0.3 is 18.8 Å². The van der Waals surface area contributed by atoms with Crippen molar-refractivity contribution in [3.8, 4) is 17.2 Å². The molecule has 186 valence electrons. The molecular weight excluding hydrogens is 488 g/mol. The second-order valence-electron chi connectivity index (χ2n) is 7.95. The quantitative estimate of drug-likeness (QED) is 0.300. The predicted octanol–water partition coefficient (Wildman–Crippen LogP) is 5.29. The van der Waals surface area contributed by atoms with E-state index in [9.17, 15) is 4.79 Å². The fraction of sp³-hybridized carbons (Fsp3) is 0.320. The van der Waals surface area contributed by atoms with E-state index >= 15 is 0 Å². The van der Waals surface area contributed by atoms with E-state index in [4.69, 9.17) is 19.2 Å². The number of thiazole rings is 1. The van der Waals surface area contributed by atoms with Crippen molar-refractivity contribution in [3.05, 3.63) is 59.7 Å². The van der Waals surface area contributed by atoms with Gasteiger partial charge in [0, 0.05) is 31.0 Å². The third-order valence-electron chi connectivity index (χ3n) is 5.55. The molecule has 4 aromatic rings. The number of hydrogen-bond donors (Lipinski definition) is 0. The van der Waals surface area contributed by atoms with Crippen LogP contribution in [0.2, 0.25) is 0 Å². The van der Waals surface area contributed by atoms with Crippen molar-refractivity contribution in [1.82, 2.24) is 14.5 Å². The SMILES string of the molecule is COc1cc(C(=O)N(CCCn2ccnc2)c2nc3cc(C)cc(C)c3s2)cc(OC)c1OC.Cl. The van der Waals surface area contributed by atoms with Crippen molar-refractivity contribution in [3.63, 3.8) is 0 Å². The Balaban J connectivity index is 0.00000342. The Hall–Kier alpha value is -3.30. The molecule has 35 heavy (non-hydrogen) atoms. The van der Waals surface area contributed by atoms with Crippen LogP contribution in [0.25, 0.3) is 10.2 Å². The summed E-state index contributed by atoms with van der Waals surface area (Å²) in [6.45, 7) is 5.35. The van der Waals surface area contributed by atoms with Gasteiger partial charge in [-0.25, -0.2) is 9.97 Å². The van der Waals surface area contributed by atoms with Gasteiger partial charge in [0.1, 0.15) is 0 Å². The van der Waals surface area contributed by atoms with Gasteiger partial charge in [-0.1, -0.05) is 17.4 Å². The summed E-state index contributed by atoms with van der Waals surface area (Å²) in [7, 11) is 4.61. The lowest BCUT2D eigenvalue weighted by atomic mass is 10.1. The third kappa shape index (κ3) is 5.52. The number of ether oxygens (including phenoxy) is 3. The number of imidazole rings is 1. The van der Waals surface area contributed by atoms with Crippen molar-refractivity contribution < 1.29 is 19.0 Å². The molecule has 4 rings (SSSR count). The number of benzene rings is 2. The Morgan fingerprint density at radius 3 is 2.37 bits per heavy atom. The normalized spacial score (nSPS) is 10.7.